The molecule has 2 rings (SSSR count). The molecule has 2 aliphatic rings. The Bertz CT molecular complexity index is 287. The van der Waals surface area contributed by atoms with Crippen LogP contribution in [0.1, 0.15) is 0 Å². The van der Waals surface area contributed by atoms with E-state index in [9.17, 15) is 0 Å². The first kappa shape index (κ1) is 17.5. The summed E-state index contributed by atoms with van der Waals surface area (Å²) in [5.41, 5.74) is 0. The van der Waals surface area contributed by atoms with Gasteiger partial charge in [0.1, 0.15) is 0 Å². The Morgan fingerprint density at radius 1 is 0.789 bits per heavy atom. The van der Waals surface area contributed by atoms with Crippen LogP contribution in [0.15, 0.2) is 49.0 Å². The van der Waals surface area contributed by atoms with Gasteiger partial charge < -0.3 is 34.3 Å². The topological polar surface area (TPSA) is 109 Å². The molecular formula is C10H14B2O7. The minimum atomic E-state index is -0.731. The second-order valence-corrected chi connectivity index (χ2v) is 2.83. The molecule has 0 saturated carbocycles. The molecule has 2 unspecified atom stereocenters. The Kier molecular flexibility index (Phi) is 11.9. The summed E-state index contributed by atoms with van der Waals surface area (Å²) in [7, 11) is 0.750. The van der Waals surface area contributed by atoms with Gasteiger partial charge in [0.05, 0.1) is 12.5 Å². The molecule has 0 aromatic heterocycles. The third-order valence-corrected chi connectivity index (χ3v) is 1.49. The molecule has 7 nitrogen and oxygen atoms in total. The van der Waals surface area contributed by atoms with Crippen LogP contribution in [0.2, 0.25) is 0 Å². The molecule has 0 aromatic carbocycles. The Morgan fingerprint density at radius 3 is 1.32 bits per heavy atom. The fourth-order valence-electron chi connectivity index (χ4n) is 0.779. The van der Waals surface area contributed by atoms with E-state index in [-0.39, 0.29) is 0 Å². The molecule has 2 atom stereocenters. The number of aliphatic hydroxyl groups excluding tert-OH is 2. The van der Waals surface area contributed by atoms with Gasteiger partial charge in [0.15, 0.2) is 0 Å². The lowest BCUT2D eigenvalue weighted by atomic mass is 10.3. The lowest BCUT2D eigenvalue weighted by Gasteiger charge is -2.05. The standard InChI is InChI=1S/2C5H6O2.B2H2O3/c2*6-5-3-1-2-4-7-5;3-1-5-2-4/h2*1-6H;3-4H. The van der Waals surface area contributed by atoms with Crippen molar-refractivity contribution in [2.24, 2.45) is 0 Å². The van der Waals surface area contributed by atoms with Gasteiger partial charge >= 0.3 is 15.4 Å². The maximum absolute atomic E-state index is 8.55. The molecule has 0 fully saturated rings. The zero-order chi connectivity index (χ0) is 14.3. The normalized spacial score (nSPS) is 21.9. The molecule has 0 saturated heterocycles. The highest BCUT2D eigenvalue weighted by Crippen LogP contribution is 1.96. The summed E-state index contributed by atoms with van der Waals surface area (Å²) in [5.74, 6) is 0. The fourth-order valence-corrected chi connectivity index (χ4v) is 0.779. The number of aliphatic hydroxyl groups is 2. The predicted octanol–water partition coefficient (Wildman–Crippen LogP) is -1.13. The van der Waals surface area contributed by atoms with Crippen LogP contribution in [0.3, 0.4) is 0 Å². The van der Waals surface area contributed by atoms with Crippen molar-refractivity contribution in [2.75, 3.05) is 0 Å². The van der Waals surface area contributed by atoms with E-state index < -0.39 is 12.6 Å². The van der Waals surface area contributed by atoms with Crippen molar-refractivity contribution in [2.45, 2.75) is 12.6 Å². The van der Waals surface area contributed by atoms with Crippen molar-refractivity contribution >= 4 is 15.4 Å². The van der Waals surface area contributed by atoms with Crippen LogP contribution in [0.4, 0.5) is 0 Å². The van der Waals surface area contributed by atoms with E-state index in [4.69, 9.17) is 20.3 Å². The maximum Gasteiger partial charge on any atom is 0.469 e. The first-order valence-corrected chi connectivity index (χ1v) is 5.11. The van der Waals surface area contributed by atoms with E-state index >= 15 is 0 Å². The van der Waals surface area contributed by atoms with E-state index in [2.05, 4.69) is 14.0 Å². The molecule has 4 N–H and O–H groups in total. The largest absolute Gasteiger partial charge is 0.469 e. The third kappa shape index (κ3) is 12.7. The molecule has 2 radical (unpaired) electrons. The highest BCUT2D eigenvalue weighted by Gasteiger charge is 1.95. The first-order valence-electron chi connectivity index (χ1n) is 5.11. The molecular weight excluding hydrogens is 254 g/mol. The lowest BCUT2D eigenvalue weighted by molar-refractivity contribution is -0.0137. The summed E-state index contributed by atoms with van der Waals surface area (Å²) < 4.78 is 12.8. The average Bonchev–Trinajstić information content (AvgIpc) is 2.43. The minimum Gasteiger partial charge on any atom is -0.469 e. The Morgan fingerprint density at radius 2 is 1.21 bits per heavy atom. The second kappa shape index (κ2) is 12.9. The number of rotatable bonds is 2. The van der Waals surface area contributed by atoms with Crippen LogP contribution < -0.4 is 0 Å². The molecule has 0 aliphatic carbocycles. The molecule has 2 heterocycles. The van der Waals surface area contributed by atoms with Gasteiger partial charge in [-0.05, 0) is 24.3 Å². The van der Waals surface area contributed by atoms with Gasteiger partial charge in [0.25, 0.3) is 0 Å². The zero-order valence-electron chi connectivity index (χ0n) is 9.94. The molecule has 2 aliphatic heterocycles. The van der Waals surface area contributed by atoms with Gasteiger partial charge in [-0.25, -0.2) is 0 Å². The predicted molar refractivity (Wildman–Crippen MR) is 67.8 cm³/mol. The Hall–Kier alpha value is -1.51. The van der Waals surface area contributed by atoms with Crippen molar-refractivity contribution in [1.29, 1.82) is 0 Å². The summed E-state index contributed by atoms with van der Waals surface area (Å²) in [6.07, 6.45) is 11.4. The molecule has 0 amide bonds. The van der Waals surface area contributed by atoms with Gasteiger partial charge in [0.2, 0.25) is 12.6 Å². The second-order valence-electron chi connectivity index (χ2n) is 2.83. The van der Waals surface area contributed by atoms with Gasteiger partial charge in [-0.15, -0.1) is 0 Å². The highest BCUT2D eigenvalue weighted by molar-refractivity contribution is 6.32. The first-order chi connectivity index (χ1) is 9.20. The summed E-state index contributed by atoms with van der Waals surface area (Å²) in [6.45, 7) is 0. The summed E-state index contributed by atoms with van der Waals surface area (Å²) in [5, 5.41) is 32.2. The number of hydrogen-bond acceptors (Lipinski definition) is 7. The summed E-state index contributed by atoms with van der Waals surface area (Å²) >= 11 is 0. The molecule has 9 heteroatoms. The Balaban J connectivity index is 0.000000261. The van der Waals surface area contributed by atoms with E-state index in [0.717, 1.165) is 0 Å². The summed E-state index contributed by atoms with van der Waals surface area (Å²) in [4.78, 5) is 0. The number of allylic oxidation sites excluding steroid dienone is 4. The van der Waals surface area contributed by atoms with Crippen LogP contribution in [0.5, 0.6) is 0 Å². The van der Waals surface area contributed by atoms with Crippen molar-refractivity contribution in [3.05, 3.63) is 49.0 Å². The van der Waals surface area contributed by atoms with E-state index in [1.165, 1.54) is 12.5 Å². The summed E-state index contributed by atoms with van der Waals surface area (Å²) in [6, 6.07) is 0. The van der Waals surface area contributed by atoms with Crippen LogP contribution in [-0.2, 0) is 14.0 Å². The van der Waals surface area contributed by atoms with Crippen LogP contribution in [0.25, 0.3) is 0 Å². The molecule has 0 spiro atoms. The smallest absolute Gasteiger partial charge is 0.469 e. The van der Waals surface area contributed by atoms with Gasteiger partial charge in [-0.2, -0.15) is 0 Å². The fraction of sp³-hybridized carbons (Fsp3) is 0.200. The number of hydrogen-bond donors (Lipinski definition) is 4. The number of ether oxygens (including phenoxy) is 2. The maximum atomic E-state index is 8.55. The SMILES string of the molecule is OC1C=CC=CO1.OC1C=CC=CO1.O[B]O[B]O. The lowest BCUT2D eigenvalue weighted by Crippen LogP contribution is -2.04. The molecule has 0 bridgehead atoms. The van der Waals surface area contributed by atoms with E-state index in [0.29, 0.717) is 15.4 Å². The van der Waals surface area contributed by atoms with E-state index in [1.807, 2.05) is 0 Å². The monoisotopic (exact) mass is 268 g/mol. The molecule has 102 valence electrons. The third-order valence-electron chi connectivity index (χ3n) is 1.49. The van der Waals surface area contributed by atoms with Crippen molar-refractivity contribution in [1.82, 2.24) is 0 Å². The zero-order valence-corrected chi connectivity index (χ0v) is 9.94. The van der Waals surface area contributed by atoms with Crippen molar-refractivity contribution in [3.8, 4) is 0 Å². The van der Waals surface area contributed by atoms with Crippen molar-refractivity contribution in [3.63, 3.8) is 0 Å². The quantitative estimate of drug-likeness (QED) is 0.469. The molecule has 19 heavy (non-hydrogen) atoms. The van der Waals surface area contributed by atoms with Gasteiger partial charge in [0, 0.05) is 0 Å². The van der Waals surface area contributed by atoms with Gasteiger partial charge in [-0.3, -0.25) is 0 Å². The minimum absolute atomic E-state index is 0.375. The van der Waals surface area contributed by atoms with Crippen molar-refractivity contribution < 1.29 is 34.3 Å². The van der Waals surface area contributed by atoms with Crippen LogP contribution in [0, 0.1) is 0 Å². The van der Waals surface area contributed by atoms with Crippen LogP contribution >= 0.6 is 0 Å². The average molecular weight is 268 g/mol. The van der Waals surface area contributed by atoms with Gasteiger partial charge in [-0.1, -0.05) is 12.2 Å². The van der Waals surface area contributed by atoms with E-state index in [1.54, 1.807) is 36.5 Å². The Labute approximate surface area is 112 Å². The highest BCUT2D eigenvalue weighted by atomic mass is 16.6. The molecule has 0 aromatic rings. The van der Waals surface area contributed by atoms with Crippen LogP contribution in [-0.4, -0.2) is 48.2 Å².